The number of hydrogen-bond acceptors (Lipinski definition) is 2. The molecule has 0 unspecified atom stereocenters. The number of hydrogen-bond donors (Lipinski definition) is 1. The predicted octanol–water partition coefficient (Wildman–Crippen LogP) is 5.25. The summed E-state index contributed by atoms with van der Waals surface area (Å²) < 4.78 is 5.47. The molecule has 0 radical (unpaired) electrons. The summed E-state index contributed by atoms with van der Waals surface area (Å²) in [5.41, 5.74) is 0. The quantitative estimate of drug-likeness (QED) is 0.294. The third-order valence-corrected chi connectivity index (χ3v) is 3.87. The highest BCUT2D eigenvalue weighted by Crippen LogP contribution is 2.11. The van der Waals surface area contributed by atoms with Gasteiger partial charge in [-0.2, -0.15) is 0 Å². The van der Waals surface area contributed by atoms with Gasteiger partial charge in [0, 0.05) is 14.6 Å². The summed E-state index contributed by atoms with van der Waals surface area (Å²) in [5, 5.41) is 2.70. The average molecular weight is 314 g/mol. The number of unbranched alkanes of at least 4 members (excludes halogenated alkanes) is 11. The molecule has 0 aromatic rings. The highest BCUT2D eigenvalue weighted by Gasteiger charge is 1.95. The van der Waals surface area contributed by atoms with Crippen molar-refractivity contribution < 1.29 is 11.0 Å². The van der Waals surface area contributed by atoms with E-state index in [1.54, 1.807) is 0 Å². The third kappa shape index (κ3) is 17.2. The molecule has 0 bridgehead atoms. The first-order chi connectivity index (χ1) is 10.8. The van der Waals surface area contributed by atoms with Gasteiger partial charge >= 0.3 is 0 Å². The lowest BCUT2D eigenvalue weighted by atomic mass is 10.1. The van der Waals surface area contributed by atoms with Gasteiger partial charge in [-0.3, -0.25) is 4.79 Å². The molecule has 0 aliphatic rings. The summed E-state index contributed by atoms with van der Waals surface area (Å²) in [6.07, 6.45) is 17.6. The van der Waals surface area contributed by atoms with Gasteiger partial charge in [-0.1, -0.05) is 84.1 Å². The van der Waals surface area contributed by atoms with E-state index in [0.29, 0.717) is 13.2 Å². The summed E-state index contributed by atoms with van der Waals surface area (Å²) in [6.45, 7) is 7.64. The van der Waals surface area contributed by atoms with E-state index >= 15 is 0 Å². The van der Waals surface area contributed by atoms with Gasteiger partial charge < -0.3 is 10.1 Å². The molecular weight excluding hydrogens is 274 g/mol. The maximum absolute atomic E-state index is 10.9. The Kier molecular flexibility index (Phi) is 17.5. The third-order valence-electron chi connectivity index (χ3n) is 3.87. The molecule has 0 aliphatic carbocycles. The Morgan fingerprint density at radius 1 is 0.909 bits per heavy atom. The summed E-state index contributed by atoms with van der Waals surface area (Å²) in [4.78, 5) is 10.9. The molecule has 0 heterocycles. The minimum atomic E-state index is -0.131. The number of carbonyl (C=O) groups excluding carboxylic acids is 1. The van der Waals surface area contributed by atoms with Crippen LogP contribution in [0.5, 0.6) is 0 Å². The number of nitrogens with one attached hydrogen (secondary N) is 1. The first-order valence-corrected chi connectivity index (χ1v) is 9.29. The first kappa shape index (κ1) is 21.2. The number of amides is 1. The van der Waals surface area contributed by atoms with E-state index in [9.17, 15) is 4.79 Å². The molecule has 0 atom stereocenters. The monoisotopic (exact) mass is 313 g/mol. The Balaban J connectivity index is 0. The van der Waals surface area contributed by atoms with Crippen molar-refractivity contribution in [2.45, 2.75) is 84.0 Å². The van der Waals surface area contributed by atoms with Gasteiger partial charge in [0.2, 0.25) is 5.91 Å². The standard InChI is InChI=1S/C19H37NO2.H2/c1-3-5-6-7-8-9-10-11-12-13-14-15-17-22-18-16-20-19(21)4-2;/h4H,2-3,5-18H2,1H3,(H,20,21);1H. The summed E-state index contributed by atoms with van der Waals surface area (Å²) in [6, 6.07) is 0. The maximum Gasteiger partial charge on any atom is 0.243 e. The molecule has 3 nitrogen and oxygen atoms in total. The molecule has 0 aromatic heterocycles. The van der Waals surface area contributed by atoms with Crippen molar-refractivity contribution in [1.29, 1.82) is 0 Å². The Labute approximate surface area is 139 Å². The van der Waals surface area contributed by atoms with Crippen LogP contribution in [0.3, 0.4) is 0 Å². The molecule has 0 saturated heterocycles. The van der Waals surface area contributed by atoms with Crippen molar-refractivity contribution in [2.75, 3.05) is 19.8 Å². The summed E-state index contributed by atoms with van der Waals surface area (Å²) in [7, 11) is 0. The second kappa shape index (κ2) is 18.2. The zero-order valence-corrected chi connectivity index (χ0v) is 14.7. The molecule has 0 saturated carbocycles. The zero-order valence-electron chi connectivity index (χ0n) is 14.7. The molecule has 3 heteroatoms. The van der Waals surface area contributed by atoms with Crippen LogP contribution in [0.4, 0.5) is 0 Å². The van der Waals surface area contributed by atoms with Crippen molar-refractivity contribution in [3.05, 3.63) is 12.7 Å². The highest BCUT2D eigenvalue weighted by molar-refractivity contribution is 5.86. The van der Waals surface area contributed by atoms with Gasteiger partial charge in [0.05, 0.1) is 6.61 Å². The molecule has 0 fully saturated rings. The lowest BCUT2D eigenvalue weighted by Gasteiger charge is -2.05. The SMILES string of the molecule is C=CC(=O)NCCOCCCCCCCCCCCCCC.[HH]. The first-order valence-electron chi connectivity index (χ1n) is 9.29. The Hall–Kier alpha value is -0.830. The summed E-state index contributed by atoms with van der Waals surface area (Å²) >= 11 is 0. The number of rotatable bonds is 17. The fourth-order valence-corrected chi connectivity index (χ4v) is 2.47. The lowest BCUT2D eigenvalue weighted by Crippen LogP contribution is -2.25. The van der Waals surface area contributed by atoms with Gasteiger partial charge in [0.25, 0.3) is 0 Å². The van der Waals surface area contributed by atoms with Crippen molar-refractivity contribution in [2.24, 2.45) is 0 Å². The van der Waals surface area contributed by atoms with Crippen LogP contribution in [0, 0.1) is 0 Å². The van der Waals surface area contributed by atoms with Gasteiger partial charge in [0.1, 0.15) is 0 Å². The van der Waals surface area contributed by atoms with E-state index in [1.807, 2.05) is 0 Å². The summed E-state index contributed by atoms with van der Waals surface area (Å²) in [5.74, 6) is -0.131. The minimum Gasteiger partial charge on any atom is -0.380 e. The van der Waals surface area contributed by atoms with Crippen molar-refractivity contribution in [3.8, 4) is 0 Å². The van der Waals surface area contributed by atoms with Gasteiger partial charge in [-0.05, 0) is 12.5 Å². The highest BCUT2D eigenvalue weighted by atomic mass is 16.5. The second-order valence-corrected chi connectivity index (χ2v) is 6.00. The van der Waals surface area contributed by atoms with E-state index in [4.69, 9.17) is 4.74 Å². The smallest absolute Gasteiger partial charge is 0.243 e. The molecule has 0 aliphatic heterocycles. The maximum atomic E-state index is 10.9. The Bertz CT molecular complexity index is 260. The van der Waals surface area contributed by atoms with E-state index in [1.165, 1.54) is 76.7 Å². The van der Waals surface area contributed by atoms with E-state index in [0.717, 1.165) is 13.0 Å². The molecular formula is C19H39NO2. The van der Waals surface area contributed by atoms with Gasteiger partial charge in [-0.15, -0.1) is 0 Å². The van der Waals surface area contributed by atoms with Crippen LogP contribution in [0.25, 0.3) is 0 Å². The normalized spacial score (nSPS) is 10.6. The van der Waals surface area contributed by atoms with Crippen LogP contribution in [-0.4, -0.2) is 25.7 Å². The van der Waals surface area contributed by atoms with Gasteiger partial charge in [-0.25, -0.2) is 0 Å². The van der Waals surface area contributed by atoms with Crippen molar-refractivity contribution in [3.63, 3.8) is 0 Å². The average Bonchev–Trinajstić information content (AvgIpc) is 2.54. The molecule has 0 spiro atoms. The van der Waals surface area contributed by atoms with Crippen LogP contribution in [0.1, 0.15) is 85.4 Å². The number of carbonyl (C=O) groups is 1. The van der Waals surface area contributed by atoms with Crippen molar-refractivity contribution in [1.82, 2.24) is 5.32 Å². The molecule has 132 valence electrons. The van der Waals surface area contributed by atoms with E-state index in [-0.39, 0.29) is 7.33 Å². The van der Waals surface area contributed by atoms with Crippen LogP contribution in [0.15, 0.2) is 12.7 Å². The van der Waals surface area contributed by atoms with Crippen LogP contribution >= 0.6 is 0 Å². The molecule has 1 amide bonds. The molecule has 0 rings (SSSR count). The fourth-order valence-electron chi connectivity index (χ4n) is 2.47. The van der Waals surface area contributed by atoms with Crippen molar-refractivity contribution >= 4 is 5.91 Å². The second-order valence-electron chi connectivity index (χ2n) is 6.00. The van der Waals surface area contributed by atoms with Crippen LogP contribution in [-0.2, 0) is 9.53 Å². The molecule has 1 N–H and O–H groups in total. The Morgan fingerprint density at radius 3 is 1.91 bits per heavy atom. The largest absolute Gasteiger partial charge is 0.380 e. The van der Waals surface area contributed by atoms with E-state index < -0.39 is 0 Å². The lowest BCUT2D eigenvalue weighted by molar-refractivity contribution is -0.116. The predicted molar refractivity (Wildman–Crippen MR) is 97.2 cm³/mol. The fraction of sp³-hybridized carbons (Fsp3) is 0.842. The Morgan fingerprint density at radius 2 is 1.41 bits per heavy atom. The molecule has 0 aromatic carbocycles. The van der Waals surface area contributed by atoms with Crippen LogP contribution < -0.4 is 5.32 Å². The van der Waals surface area contributed by atoms with Crippen LogP contribution in [0.2, 0.25) is 0 Å². The van der Waals surface area contributed by atoms with E-state index in [2.05, 4.69) is 18.8 Å². The topological polar surface area (TPSA) is 38.3 Å². The van der Waals surface area contributed by atoms with Gasteiger partial charge in [0.15, 0.2) is 0 Å². The number of ether oxygens (including phenoxy) is 1. The zero-order chi connectivity index (χ0) is 16.3. The minimum absolute atomic E-state index is 0. The molecule has 22 heavy (non-hydrogen) atoms.